The minimum atomic E-state index is -0.375. The summed E-state index contributed by atoms with van der Waals surface area (Å²) in [5.74, 6) is -0.461. The van der Waals surface area contributed by atoms with Crippen molar-refractivity contribution in [1.82, 2.24) is 4.98 Å². The lowest BCUT2D eigenvalue weighted by Crippen LogP contribution is -2.15. The fourth-order valence-electron chi connectivity index (χ4n) is 2.37. The second-order valence-electron chi connectivity index (χ2n) is 6.01. The Morgan fingerprint density at radius 3 is 2.71 bits per heavy atom. The highest BCUT2D eigenvalue weighted by atomic mass is 35.5. The fraction of sp³-hybridized carbons (Fsp3) is 0.150. The lowest BCUT2D eigenvalue weighted by molar-refractivity contribution is -0.115. The van der Waals surface area contributed by atoms with Crippen LogP contribution in [0.4, 0.5) is 10.1 Å². The standard InChI is InChI=1S/C20H16ClFN2O2S2/c1-12-2-5-14(21)8-17(12)24-19(26)9-16-10-27-20(23-16)28-11-18(25)13-3-6-15(22)7-4-13/h2-8,10H,9,11H2,1H3,(H,24,26). The molecule has 28 heavy (non-hydrogen) atoms. The van der Waals surface area contributed by atoms with Crippen molar-refractivity contribution in [3.63, 3.8) is 0 Å². The molecule has 144 valence electrons. The Labute approximate surface area is 175 Å². The van der Waals surface area contributed by atoms with Crippen molar-refractivity contribution < 1.29 is 14.0 Å². The van der Waals surface area contributed by atoms with E-state index in [2.05, 4.69) is 10.3 Å². The summed E-state index contributed by atoms with van der Waals surface area (Å²) in [7, 11) is 0. The van der Waals surface area contributed by atoms with Crippen molar-refractivity contribution in [3.8, 4) is 0 Å². The zero-order valence-electron chi connectivity index (χ0n) is 14.9. The van der Waals surface area contributed by atoms with Gasteiger partial charge in [0, 0.05) is 21.7 Å². The van der Waals surface area contributed by atoms with Crippen molar-refractivity contribution in [1.29, 1.82) is 0 Å². The van der Waals surface area contributed by atoms with E-state index in [0.717, 1.165) is 5.56 Å². The molecule has 1 aromatic heterocycles. The molecular formula is C20H16ClFN2O2S2. The Hall–Kier alpha value is -2.22. The molecule has 0 unspecified atom stereocenters. The molecule has 0 aliphatic rings. The number of nitrogens with zero attached hydrogens (tertiary/aromatic N) is 1. The van der Waals surface area contributed by atoms with Gasteiger partial charge in [0.15, 0.2) is 10.1 Å². The minimum absolute atomic E-state index is 0.101. The Morgan fingerprint density at radius 2 is 1.96 bits per heavy atom. The van der Waals surface area contributed by atoms with Crippen LogP contribution >= 0.6 is 34.7 Å². The third-order valence-corrected chi connectivity index (χ3v) is 6.14. The van der Waals surface area contributed by atoms with Crippen molar-refractivity contribution in [3.05, 3.63) is 75.5 Å². The minimum Gasteiger partial charge on any atom is -0.325 e. The van der Waals surface area contributed by atoms with Gasteiger partial charge in [0.2, 0.25) is 5.91 Å². The molecule has 0 fully saturated rings. The van der Waals surface area contributed by atoms with Crippen LogP contribution in [0, 0.1) is 12.7 Å². The average molecular weight is 435 g/mol. The van der Waals surface area contributed by atoms with Crippen molar-refractivity contribution in [2.24, 2.45) is 0 Å². The Bertz CT molecular complexity index is 1010. The molecule has 0 saturated heterocycles. The summed E-state index contributed by atoms with van der Waals surface area (Å²) < 4.78 is 13.6. The molecule has 1 amide bonds. The van der Waals surface area contributed by atoms with Crippen molar-refractivity contribution >= 4 is 52.1 Å². The van der Waals surface area contributed by atoms with E-state index >= 15 is 0 Å². The number of carbonyl (C=O) groups is 2. The number of halogens is 2. The molecule has 3 aromatic rings. The molecule has 2 aromatic carbocycles. The van der Waals surface area contributed by atoms with Crippen LogP contribution in [0.5, 0.6) is 0 Å². The molecule has 1 N–H and O–H groups in total. The molecule has 8 heteroatoms. The predicted octanol–water partition coefficient (Wildman–Crippen LogP) is 5.40. The smallest absolute Gasteiger partial charge is 0.230 e. The molecule has 1 heterocycles. The van der Waals surface area contributed by atoms with Crippen LogP contribution in [-0.4, -0.2) is 22.4 Å². The summed E-state index contributed by atoms with van der Waals surface area (Å²) in [6.07, 6.45) is 0.134. The number of anilines is 1. The van der Waals surface area contributed by atoms with Crippen LogP contribution in [0.25, 0.3) is 0 Å². The summed E-state index contributed by atoms with van der Waals surface area (Å²) in [6.45, 7) is 1.89. The highest BCUT2D eigenvalue weighted by Crippen LogP contribution is 2.25. The van der Waals surface area contributed by atoms with Gasteiger partial charge in [-0.3, -0.25) is 9.59 Å². The van der Waals surface area contributed by atoms with Gasteiger partial charge in [-0.15, -0.1) is 11.3 Å². The zero-order chi connectivity index (χ0) is 20.1. The molecule has 0 atom stereocenters. The number of Topliss-reactive ketones (excluding diaryl/α,β-unsaturated/α-hetero) is 1. The number of aromatic nitrogens is 1. The van der Waals surface area contributed by atoms with Crippen LogP contribution < -0.4 is 5.32 Å². The van der Waals surface area contributed by atoms with E-state index in [-0.39, 0.29) is 29.7 Å². The second kappa shape index (κ2) is 9.32. The average Bonchev–Trinajstić information content (AvgIpc) is 3.10. The maximum atomic E-state index is 12.9. The Kier molecular flexibility index (Phi) is 6.83. The largest absolute Gasteiger partial charge is 0.325 e. The summed E-state index contributed by atoms with van der Waals surface area (Å²) >= 11 is 8.65. The summed E-state index contributed by atoms with van der Waals surface area (Å²) in [5.41, 5.74) is 2.69. The van der Waals surface area contributed by atoms with E-state index < -0.39 is 0 Å². The Balaban J connectivity index is 1.53. The number of aryl methyl sites for hydroxylation is 1. The maximum absolute atomic E-state index is 12.9. The molecule has 0 bridgehead atoms. The first-order chi connectivity index (χ1) is 13.4. The number of carbonyl (C=O) groups excluding carboxylic acids is 2. The molecule has 0 radical (unpaired) electrons. The highest BCUT2D eigenvalue weighted by molar-refractivity contribution is 8.01. The zero-order valence-corrected chi connectivity index (χ0v) is 17.3. The molecule has 0 aliphatic heterocycles. The van der Waals surface area contributed by atoms with Gasteiger partial charge in [-0.25, -0.2) is 9.37 Å². The quantitative estimate of drug-likeness (QED) is 0.399. The van der Waals surface area contributed by atoms with E-state index in [9.17, 15) is 14.0 Å². The van der Waals surface area contributed by atoms with E-state index in [1.165, 1.54) is 47.4 Å². The second-order valence-corrected chi connectivity index (χ2v) is 8.52. The summed E-state index contributed by atoms with van der Waals surface area (Å²) in [5, 5.41) is 5.19. The van der Waals surface area contributed by atoms with E-state index in [0.29, 0.717) is 26.3 Å². The first-order valence-corrected chi connectivity index (χ1v) is 10.6. The number of hydrogen-bond donors (Lipinski definition) is 1. The number of ketones is 1. The third-order valence-electron chi connectivity index (χ3n) is 3.84. The lowest BCUT2D eigenvalue weighted by Gasteiger charge is -2.08. The first-order valence-electron chi connectivity index (χ1n) is 8.32. The molecule has 3 rings (SSSR count). The van der Waals surface area contributed by atoms with Crippen molar-refractivity contribution in [2.45, 2.75) is 17.7 Å². The van der Waals surface area contributed by atoms with Crippen molar-refractivity contribution in [2.75, 3.05) is 11.1 Å². The molecule has 0 aliphatic carbocycles. The van der Waals surface area contributed by atoms with Crippen LogP contribution in [0.1, 0.15) is 21.6 Å². The predicted molar refractivity (Wildman–Crippen MR) is 112 cm³/mol. The van der Waals surface area contributed by atoms with Gasteiger partial charge in [-0.2, -0.15) is 0 Å². The Morgan fingerprint density at radius 1 is 1.21 bits per heavy atom. The number of hydrogen-bond acceptors (Lipinski definition) is 5. The molecule has 4 nitrogen and oxygen atoms in total. The van der Waals surface area contributed by atoms with Gasteiger partial charge in [-0.1, -0.05) is 29.4 Å². The molecular weight excluding hydrogens is 419 g/mol. The van der Waals surface area contributed by atoms with Crippen LogP contribution in [0.15, 0.2) is 52.2 Å². The summed E-state index contributed by atoms with van der Waals surface area (Å²) in [6, 6.07) is 10.8. The van der Waals surface area contributed by atoms with Gasteiger partial charge in [0.25, 0.3) is 0 Å². The van der Waals surface area contributed by atoms with Crippen LogP contribution in [0.3, 0.4) is 0 Å². The number of thioether (sulfide) groups is 1. The molecule has 0 saturated carbocycles. The van der Waals surface area contributed by atoms with E-state index in [1.807, 2.05) is 13.0 Å². The van der Waals surface area contributed by atoms with Gasteiger partial charge in [-0.05, 0) is 48.9 Å². The maximum Gasteiger partial charge on any atom is 0.230 e. The van der Waals surface area contributed by atoms with E-state index in [1.54, 1.807) is 17.5 Å². The third kappa shape index (κ3) is 5.64. The van der Waals surface area contributed by atoms with Crippen LogP contribution in [-0.2, 0) is 11.2 Å². The monoisotopic (exact) mass is 434 g/mol. The number of amides is 1. The normalized spacial score (nSPS) is 10.7. The van der Waals surface area contributed by atoms with Gasteiger partial charge in [0.1, 0.15) is 5.82 Å². The fourth-order valence-corrected chi connectivity index (χ4v) is 4.28. The number of rotatable bonds is 7. The van der Waals surface area contributed by atoms with Gasteiger partial charge < -0.3 is 5.32 Å². The summed E-state index contributed by atoms with van der Waals surface area (Å²) in [4.78, 5) is 28.8. The lowest BCUT2D eigenvalue weighted by atomic mass is 10.1. The topological polar surface area (TPSA) is 59.1 Å². The number of thiazole rings is 1. The SMILES string of the molecule is Cc1ccc(Cl)cc1NC(=O)Cc1csc(SCC(=O)c2ccc(F)cc2)n1. The molecule has 0 spiro atoms. The number of benzene rings is 2. The van der Waals surface area contributed by atoms with Gasteiger partial charge >= 0.3 is 0 Å². The number of nitrogens with one attached hydrogen (secondary N) is 1. The first kappa shape index (κ1) is 20.5. The van der Waals surface area contributed by atoms with E-state index in [4.69, 9.17) is 11.6 Å². The van der Waals surface area contributed by atoms with Crippen LogP contribution in [0.2, 0.25) is 5.02 Å². The highest BCUT2D eigenvalue weighted by Gasteiger charge is 2.12. The van der Waals surface area contributed by atoms with Gasteiger partial charge in [0.05, 0.1) is 17.9 Å².